The zero-order valence-electron chi connectivity index (χ0n) is 12.3. The molecule has 0 bridgehead atoms. The van der Waals surface area contributed by atoms with Crippen LogP contribution in [0.1, 0.15) is 41.5 Å². The average Bonchev–Trinajstić information content (AvgIpc) is 2.98. The van der Waals surface area contributed by atoms with Crippen LogP contribution in [-0.4, -0.2) is 12.5 Å². The maximum Gasteiger partial charge on any atom is 0.252 e. The molecule has 1 amide bonds. The van der Waals surface area contributed by atoms with Crippen LogP contribution in [-0.2, 0) is 0 Å². The van der Waals surface area contributed by atoms with Crippen molar-refractivity contribution in [3.05, 3.63) is 46.2 Å². The lowest BCUT2D eigenvalue weighted by Gasteiger charge is -2.16. The highest BCUT2D eigenvalue weighted by atomic mass is 32.1. The highest BCUT2D eigenvalue weighted by Gasteiger charge is 2.16. The van der Waals surface area contributed by atoms with Gasteiger partial charge in [0.1, 0.15) is 5.75 Å². The van der Waals surface area contributed by atoms with Gasteiger partial charge in [0, 0.05) is 22.2 Å². The van der Waals surface area contributed by atoms with Gasteiger partial charge in [-0.1, -0.05) is 13.0 Å². The fourth-order valence-corrected chi connectivity index (χ4v) is 2.97. The molecule has 0 aliphatic rings. The van der Waals surface area contributed by atoms with Gasteiger partial charge < -0.3 is 15.8 Å². The number of ether oxygens (including phenoxy) is 1. The Morgan fingerprint density at radius 1 is 1.38 bits per heavy atom. The molecule has 1 aromatic heterocycles. The summed E-state index contributed by atoms with van der Waals surface area (Å²) in [6.07, 6.45) is 0.840. The first-order valence-electron chi connectivity index (χ1n) is 7.01. The van der Waals surface area contributed by atoms with E-state index in [1.54, 1.807) is 29.5 Å². The van der Waals surface area contributed by atoms with Crippen molar-refractivity contribution in [3.8, 4) is 5.75 Å². The molecule has 0 radical (unpaired) electrons. The smallest absolute Gasteiger partial charge is 0.252 e. The highest BCUT2D eigenvalue weighted by molar-refractivity contribution is 7.10. The van der Waals surface area contributed by atoms with Crippen molar-refractivity contribution in [3.63, 3.8) is 0 Å². The molecule has 21 heavy (non-hydrogen) atoms. The van der Waals surface area contributed by atoms with E-state index in [9.17, 15) is 4.79 Å². The lowest BCUT2D eigenvalue weighted by Crippen LogP contribution is -2.27. The van der Waals surface area contributed by atoms with Crippen LogP contribution >= 0.6 is 11.3 Å². The molecule has 4 nitrogen and oxygen atoms in total. The van der Waals surface area contributed by atoms with Crippen LogP contribution in [0.4, 0.5) is 5.69 Å². The number of anilines is 1. The summed E-state index contributed by atoms with van der Waals surface area (Å²) in [6.45, 7) is 4.49. The molecule has 0 saturated carbocycles. The highest BCUT2D eigenvalue weighted by Crippen LogP contribution is 2.23. The summed E-state index contributed by atoms with van der Waals surface area (Å²) < 4.78 is 5.42. The Morgan fingerprint density at radius 2 is 2.19 bits per heavy atom. The van der Waals surface area contributed by atoms with Crippen molar-refractivity contribution >= 4 is 22.9 Å². The Hall–Kier alpha value is -2.01. The van der Waals surface area contributed by atoms with Crippen LogP contribution in [0.2, 0.25) is 0 Å². The lowest BCUT2D eigenvalue weighted by atomic mass is 10.1. The number of nitrogens with one attached hydrogen (secondary N) is 1. The molecule has 1 unspecified atom stereocenters. The Labute approximate surface area is 128 Å². The average molecular weight is 304 g/mol. The first-order valence-corrected chi connectivity index (χ1v) is 7.89. The summed E-state index contributed by atoms with van der Waals surface area (Å²) in [5, 5.41) is 5.05. The second-order valence-electron chi connectivity index (χ2n) is 4.67. The van der Waals surface area contributed by atoms with Crippen LogP contribution in [0.3, 0.4) is 0 Å². The number of carbonyl (C=O) groups excluding carboxylic acids is 1. The number of nitrogen functional groups attached to an aromatic ring is 1. The van der Waals surface area contributed by atoms with Crippen LogP contribution < -0.4 is 15.8 Å². The molecule has 0 aliphatic heterocycles. The van der Waals surface area contributed by atoms with Crippen molar-refractivity contribution < 1.29 is 9.53 Å². The van der Waals surface area contributed by atoms with Gasteiger partial charge in [-0.3, -0.25) is 4.79 Å². The van der Waals surface area contributed by atoms with Gasteiger partial charge in [0.05, 0.1) is 12.6 Å². The predicted octanol–water partition coefficient (Wildman–Crippen LogP) is 3.61. The predicted molar refractivity (Wildman–Crippen MR) is 86.8 cm³/mol. The quantitative estimate of drug-likeness (QED) is 0.801. The maximum atomic E-state index is 12.4. The van der Waals surface area contributed by atoms with Crippen molar-refractivity contribution in [2.75, 3.05) is 12.3 Å². The normalized spacial score (nSPS) is 11.9. The summed E-state index contributed by atoms with van der Waals surface area (Å²) >= 11 is 1.64. The van der Waals surface area contributed by atoms with E-state index in [2.05, 4.69) is 12.2 Å². The zero-order valence-corrected chi connectivity index (χ0v) is 13.1. The van der Waals surface area contributed by atoms with E-state index >= 15 is 0 Å². The van der Waals surface area contributed by atoms with Crippen molar-refractivity contribution in [2.45, 2.75) is 26.3 Å². The molecule has 2 aromatic rings. The number of hydrogen-bond donors (Lipinski definition) is 2. The third-order valence-electron chi connectivity index (χ3n) is 3.10. The number of amides is 1. The van der Waals surface area contributed by atoms with Gasteiger partial charge in [-0.2, -0.15) is 0 Å². The van der Waals surface area contributed by atoms with Crippen LogP contribution in [0.5, 0.6) is 5.75 Å². The minimum absolute atomic E-state index is 0.0227. The maximum absolute atomic E-state index is 12.4. The fourth-order valence-electron chi connectivity index (χ4n) is 2.11. The number of benzene rings is 1. The van der Waals surface area contributed by atoms with Crippen LogP contribution in [0.15, 0.2) is 35.7 Å². The van der Waals surface area contributed by atoms with Crippen LogP contribution in [0.25, 0.3) is 0 Å². The summed E-state index contributed by atoms with van der Waals surface area (Å²) in [5.74, 6) is 0.482. The first-order chi connectivity index (χ1) is 10.1. The molecular formula is C16H20N2O2S. The molecule has 1 aromatic carbocycles. The van der Waals surface area contributed by atoms with Gasteiger partial charge >= 0.3 is 0 Å². The van der Waals surface area contributed by atoms with Crippen molar-refractivity contribution in [1.82, 2.24) is 5.32 Å². The SMILES string of the molecule is CCOc1cc(N)cc(C(=O)NC(CC)c2cccs2)c1. The van der Waals surface area contributed by atoms with Crippen molar-refractivity contribution in [2.24, 2.45) is 0 Å². The number of thiophene rings is 1. The fraction of sp³-hybridized carbons (Fsp3) is 0.312. The molecule has 1 heterocycles. The Bertz CT molecular complexity index is 596. The van der Waals surface area contributed by atoms with Gasteiger partial charge in [-0.25, -0.2) is 0 Å². The Balaban J connectivity index is 2.15. The van der Waals surface area contributed by atoms with E-state index in [-0.39, 0.29) is 11.9 Å². The second kappa shape index (κ2) is 7.13. The van der Waals surface area contributed by atoms with Gasteiger partial charge in [0.25, 0.3) is 5.91 Å². The molecule has 112 valence electrons. The van der Waals surface area contributed by atoms with Gasteiger partial charge in [0.2, 0.25) is 0 Å². The molecule has 0 saturated heterocycles. The summed E-state index contributed by atoms with van der Waals surface area (Å²) in [4.78, 5) is 13.6. The molecule has 3 N–H and O–H groups in total. The Morgan fingerprint density at radius 3 is 2.81 bits per heavy atom. The summed E-state index contributed by atoms with van der Waals surface area (Å²) in [5.41, 5.74) is 6.87. The molecule has 2 rings (SSSR count). The first kappa shape index (κ1) is 15.4. The van der Waals surface area contributed by atoms with E-state index in [1.165, 1.54) is 0 Å². The van der Waals surface area contributed by atoms with Gasteiger partial charge in [-0.15, -0.1) is 11.3 Å². The van der Waals surface area contributed by atoms with E-state index in [0.29, 0.717) is 23.6 Å². The largest absolute Gasteiger partial charge is 0.494 e. The van der Waals surface area contributed by atoms with E-state index in [0.717, 1.165) is 11.3 Å². The van der Waals surface area contributed by atoms with Crippen LogP contribution in [0, 0.1) is 0 Å². The van der Waals surface area contributed by atoms with E-state index < -0.39 is 0 Å². The number of hydrogen-bond acceptors (Lipinski definition) is 4. The third kappa shape index (κ3) is 3.98. The second-order valence-corrected chi connectivity index (χ2v) is 5.65. The lowest BCUT2D eigenvalue weighted by molar-refractivity contribution is 0.0936. The Kier molecular flexibility index (Phi) is 5.22. The van der Waals surface area contributed by atoms with E-state index in [4.69, 9.17) is 10.5 Å². The number of nitrogens with two attached hydrogens (primary N) is 1. The molecule has 0 aliphatic carbocycles. The molecule has 5 heteroatoms. The number of rotatable bonds is 6. The minimum atomic E-state index is -0.136. The summed E-state index contributed by atoms with van der Waals surface area (Å²) in [6, 6.07) is 9.15. The van der Waals surface area contributed by atoms with Crippen molar-refractivity contribution in [1.29, 1.82) is 0 Å². The third-order valence-corrected chi connectivity index (χ3v) is 4.09. The van der Waals surface area contributed by atoms with Gasteiger partial charge in [0.15, 0.2) is 0 Å². The van der Waals surface area contributed by atoms with E-state index in [1.807, 2.05) is 24.4 Å². The minimum Gasteiger partial charge on any atom is -0.494 e. The molecule has 0 spiro atoms. The summed E-state index contributed by atoms with van der Waals surface area (Å²) in [7, 11) is 0. The monoisotopic (exact) mass is 304 g/mol. The topological polar surface area (TPSA) is 64.3 Å². The molecular weight excluding hydrogens is 284 g/mol. The molecule has 1 atom stereocenters. The molecule has 0 fully saturated rings. The standard InChI is InChI=1S/C16H20N2O2S/c1-3-14(15-6-5-7-21-15)18-16(19)11-8-12(17)10-13(9-11)20-4-2/h5-10,14H,3-4,17H2,1-2H3,(H,18,19). The van der Waals surface area contributed by atoms with Gasteiger partial charge in [-0.05, 0) is 36.9 Å². The number of carbonyl (C=O) groups is 1. The zero-order chi connectivity index (χ0) is 15.2.